The lowest BCUT2D eigenvalue weighted by Gasteiger charge is -2.12. The smallest absolute Gasteiger partial charge is 0.346 e. The highest BCUT2D eigenvalue weighted by Crippen LogP contribution is 2.29. The van der Waals surface area contributed by atoms with E-state index in [0.29, 0.717) is 0 Å². The molecule has 0 radical (unpaired) electrons. The maximum atomic E-state index is 11.2. The van der Waals surface area contributed by atoms with E-state index in [-0.39, 0.29) is 11.3 Å². The largest absolute Gasteiger partial charge is 0.478 e. The summed E-state index contributed by atoms with van der Waals surface area (Å²) in [5.41, 5.74) is -0.777. The van der Waals surface area contributed by atoms with Crippen molar-refractivity contribution < 1.29 is 29.1 Å². The Morgan fingerprint density at radius 3 is 2.53 bits per heavy atom. The molecule has 8 heteroatoms. The van der Waals surface area contributed by atoms with Crippen LogP contribution < -0.4 is 4.74 Å². The Balaban J connectivity index is 3.10. The molecule has 19 heavy (non-hydrogen) atoms. The van der Waals surface area contributed by atoms with Crippen molar-refractivity contribution in [1.82, 2.24) is 0 Å². The predicted molar refractivity (Wildman–Crippen MR) is 62.2 cm³/mol. The fourth-order valence-electron chi connectivity index (χ4n) is 1.30. The number of aromatic carboxylic acids is 1. The summed E-state index contributed by atoms with van der Waals surface area (Å²) in [6.07, 6.45) is -1.04. The number of hydrogen-bond acceptors (Lipinski definition) is 6. The normalized spacial score (nSPS) is 11.5. The average Bonchev–Trinajstić information content (AvgIpc) is 2.37. The molecule has 0 amide bonds. The van der Waals surface area contributed by atoms with Crippen LogP contribution in [0.1, 0.15) is 17.3 Å². The summed E-state index contributed by atoms with van der Waals surface area (Å²) < 4.78 is 9.50. The van der Waals surface area contributed by atoms with Crippen molar-refractivity contribution in [3.05, 3.63) is 33.9 Å². The molecule has 0 aromatic heterocycles. The van der Waals surface area contributed by atoms with E-state index in [0.717, 1.165) is 25.3 Å². The minimum Gasteiger partial charge on any atom is -0.478 e. The third-order valence-electron chi connectivity index (χ3n) is 2.24. The molecule has 0 bridgehead atoms. The first kappa shape index (κ1) is 14.4. The maximum absolute atomic E-state index is 11.2. The van der Waals surface area contributed by atoms with E-state index in [1.807, 2.05) is 0 Å². The van der Waals surface area contributed by atoms with Crippen LogP contribution in [0.4, 0.5) is 5.69 Å². The Morgan fingerprint density at radius 1 is 1.42 bits per heavy atom. The van der Waals surface area contributed by atoms with Crippen LogP contribution in [-0.2, 0) is 9.53 Å². The van der Waals surface area contributed by atoms with E-state index < -0.39 is 28.7 Å². The van der Waals surface area contributed by atoms with E-state index in [1.54, 1.807) is 0 Å². The molecule has 1 unspecified atom stereocenters. The van der Waals surface area contributed by atoms with Gasteiger partial charge in [-0.2, -0.15) is 0 Å². The zero-order valence-corrected chi connectivity index (χ0v) is 10.2. The summed E-state index contributed by atoms with van der Waals surface area (Å²) in [5.74, 6) is -2.19. The molecule has 1 atom stereocenters. The van der Waals surface area contributed by atoms with Crippen LogP contribution in [0.2, 0.25) is 0 Å². The minimum atomic E-state index is -1.30. The lowest BCUT2D eigenvalue weighted by Crippen LogP contribution is -2.25. The second kappa shape index (κ2) is 5.80. The van der Waals surface area contributed by atoms with E-state index in [2.05, 4.69) is 4.74 Å². The summed E-state index contributed by atoms with van der Waals surface area (Å²) in [4.78, 5) is 31.9. The molecule has 0 aliphatic rings. The SMILES string of the molecule is COC(=O)C(C)Oc1ccc(C(=O)O)cc1[N+](=O)[O-]. The molecule has 0 spiro atoms. The fraction of sp³-hybridized carbons (Fsp3) is 0.273. The first-order valence-electron chi connectivity index (χ1n) is 5.13. The number of carbonyl (C=O) groups excluding carboxylic acids is 1. The number of hydrogen-bond donors (Lipinski definition) is 1. The molecule has 0 fully saturated rings. The van der Waals surface area contributed by atoms with Crippen molar-refractivity contribution in [3.63, 3.8) is 0 Å². The predicted octanol–water partition coefficient (Wildman–Crippen LogP) is 1.23. The van der Waals surface area contributed by atoms with Gasteiger partial charge in [-0.1, -0.05) is 0 Å². The maximum Gasteiger partial charge on any atom is 0.346 e. The molecule has 0 aliphatic carbocycles. The quantitative estimate of drug-likeness (QED) is 0.485. The summed E-state index contributed by atoms with van der Waals surface area (Å²) in [6.45, 7) is 1.36. The Hall–Kier alpha value is -2.64. The van der Waals surface area contributed by atoms with E-state index in [1.165, 1.54) is 6.92 Å². The highest BCUT2D eigenvalue weighted by Gasteiger charge is 2.23. The number of benzene rings is 1. The summed E-state index contributed by atoms with van der Waals surface area (Å²) >= 11 is 0. The Kier molecular flexibility index (Phi) is 4.41. The van der Waals surface area contributed by atoms with Crippen LogP contribution in [0, 0.1) is 10.1 Å². The van der Waals surface area contributed by atoms with Crippen molar-refractivity contribution in [3.8, 4) is 5.75 Å². The number of ether oxygens (including phenoxy) is 2. The molecule has 0 saturated carbocycles. The molecule has 1 rings (SSSR count). The van der Waals surface area contributed by atoms with Gasteiger partial charge in [0.05, 0.1) is 17.6 Å². The molecule has 0 saturated heterocycles. The van der Waals surface area contributed by atoms with Crippen LogP contribution in [0.5, 0.6) is 5.75 Å². The highest BCUT2D eigenvalue weighted by molar-refractivity contribution is 5.89. The molecule has 0 aliphatic heterocycles. The zero-order valence-electron chi connectivity index (χ0n) is 10.2. The van der Waals surface area contributed by atoms with Crippen LogP contribution >= 0.6 is 0 Å². The Morgan fingerprint density at radius 2 is 2.05 bits per heavy atom. The second-order valence-corrected chi connectivity index (χ2v) is 3.53. The molecule has 0 heterocycles. The Labute approximate surface area is 107 Å². The van der Waals surface area contributed by atoms with E-state index >= 15 is 0 Å². The number of esters is 1. The minimum absolute atomic E-state index is 0.201. The lowest BCUT2D eigenvalue weighted by molar-refractivity contribution is -0.386. The topological polar surface area (TPSA) is 116 Å². The number of carboxylic acids is 1. The number of rotatable bonds is 5. The van der Waals surface area contributed by atoms with Crippen LogP contribution in [0.3, 0.4) is 0 Å². The van der Waals surface area contributed by atoms with Gasteiger partial charge in [0.2, 0.25) is 0 Å². The van der Waals surface area contributed by atoms with Gasteiger partial charge in [0.1, 0.15) is 0 Å². The monoisotopic (exact) mass is 269 g/mol. The fourth-order valence-corrected chi connectivity index (χ4v) is 1.30. The van der Waals surface area contributed by atoms with Gasteiger partial charge in [0.25, 0.3) is 0 Å². The van der Waals surface area contributed by atoms with Crippen molar-refractivity contribution >= 4 is 17.6 Å². The molecule has 1 aromatic rings. The van der Waals surface area contributed by atoms with Crippen molar-refractivity contribution in [2.24, 2.45) is 0 Å². The third-order valence-corrected chi connectivity index (χ3v) is 2.24. The number of methoxy groups -OCH3 is 1. The van der Waals surface area contributed by atoms with Crippen LogP contribution in [-0.4, -0.2) is 35.2 Å². The number of nitro groups is 1. The van der Waals surface area contributed by atoms with Crippen LogP contribution in [0.15, 0.2) is 18.2 Å². The van der Waals surface area contributed by atoms with Gasteiger partial charge < -0.3 is 14.6 Å². The van der Waals surface area contributed by atoms with E-state index in [4.69, 9.17) is 9.84 Å². The lowest BCUT2D eigenvalue weighted by atomic mass is 10.2. The van der Waals surface area contributed by atoms with Crippen LogP contribution in [0.25, 0.3) is 0 Å². The second-order valence-electron chi connectivity index (χ2n) is 3.53. The number of nitrogens with zero attached hydrogens (tertiary/aromatic N) is 1. The first-order chi connectivity index (χ1) is 8.86. The average molecular weight is 269 g/mol. The number of nitro benzene ring substituents is 1. The summed E-state index contributed by atoms with van der Waals surface area (Å²) in [5, 5.41) is 19.6. The molecular formula is C11H11NO7. The van der Waals surface area contributed by atoms with Gasteiger partial charge in [-0.3, -0.25) is 10.1 Å². The summed E-state index contributed by atoms with van der Waals surface area (Å²) in [6, 6.07) is 3.14. The number of carboxylic acid groups (broad SMARTS) is 1. The van der Waals surface area contributed by atoms with Gasteiger partial charge in [0, 0.05) is 6.07 Å². The first-order valence-corrected chi connectivity index (χ1v) is 5.13. The molecule has 1 aromatic carbocycles. The third kappa shape index (κ3) is 3.41. The van der Waals surface area contributed by atoms with Gasteiger partial charge in [-0.15, -0.1) is 0 Å². The van der Waals surface area contributed by atoms with Crippen molar-refractivity contribution in [2.45, 2.75) is 13.0 Å². The highest BCUT2D eigenvalue weighted by atomic mass is 16.6. The van der Waals surface area contributed by atoms with Gasteiger partial charge >= 0.3 is 17.6 Å². The van der Waals surface area contributed by atoms with E-state index in [9.17, 15) is 19.7 Å². The molecule has 1 N–H and O–H groups in total. The van der Waals surface area contributed by atoms with Gasteiger partial charge in [0.15, 0.2) is 11.9 Å². The van der Waals surface area contributed by atoms with Gasteiger partial charge in [-0.25, -0.2) is 9.59 Å². The standard InChI is InChI=1S/C11H11NO7/c1-6(11(15)18-2)19-9-4-3-7(10(13)14)5-8(9)12(16)17/h3-6H,1-2H3,(H,13,14). The molecule has 102 valence electrons. The summed E-state index contributed by atoms with van der Waals surface area (Å²) in [7, 11) is 1.16. The van der Waals surface area contributed by atoms with Gasteiger partial charge in [-0.05, 0) is 19.1 Å². The Bertz CT molecular complexity index is 526. The van der Waals surface area contributed by atoms with Crippen molar-refractivity contribution in [1.29, 1.82) is 0 Å². The molecular weight excluding hydrogens is 258 g/mol. The zero-order chi connectivity index (χ0) is 14.6. The molecule has 8 nitrogen and oxygen atoms in total. The van der Waals surface area contributed by atoms with Crippen molar-refractivity contribution in [2.75, 3.05) is 7.11 Å². The number of carbonyl (C=O) groups is 2.